The summed E-state index contributed by atoms with van der Waals surface area (Å²) in [6.07, 6.45) is 71.3. The molecule has 0 aliphatic rings. The SMILES string of the molecule is CC/C=C\C/C=C\C/C=C\C/C=C\CCCCCCC(=O)NC(COP(=O)(O)OCC[N+](C)(C)C)C(O)/C=C/CC/C=C/CC/C=C/CCCCCCCCCCCCCCCCCCCCCC. The number of likely N-dealkylation sites (N-methyl/N-ethyl adjacent to an activating group) is 1. The number of phosphoric acid groups is 1. The maximum absolute atomic E-state index is 12.9. The molecular weight excluding hydrogens is 876 g/mol. The zero-order chi connectivity index (χ0) is 50.6. The molecule has 0 spiro atoms. The summed E-state index contributed by atoms with van der Waals surface area (Å²) in [6.45, 7) is 4.66. The van der Waals surface area contributed by atoms with Crippen LogP contribution in [0.4, 0.5) is 0 Å². The van der Waals surface area contributed by atoms with Gasteiger partial charge >= 0.3 is 7.82 Å². The third-order valence-electron chi connectivity index (χ3n) is 12.3. The fraction of sp³-hybridized carbons (Fsp3) is 0.750. The van der Waals surface area contributed by atoms with E-state index in [2.05, 4.69) is 92.1 Å². The van der Waals surface area contributed by atoms with E-state index in [1.54, 1.807) is 6.08 Å². The predicted octanol–water partition coefficient (Wildman–Crippen LogP) is 17.3. The molecule has 0 saturated heterocycles. The summed E-state index contributed by atoms with van der Waals surface area (Å²) in [5, 5.41) is 13.9. The topological polar surface area (TPSA) is 105 Å². The van der Waals surface area contributed by atoms with Crippen molar-refractivity contribution in [3.63, 3.8) is 0 Å². The first-order valence-corrected chi connectivity index (χ1v) is 30.0. The Balaban J connectivity index is 4.28. The summed E-state index contributed by atoms with van der Waals surface area (Å²) < 4.78 is 23.6. The van der Waals surface area contributed by atoms with Gasteiger partial charge in [-0.3, -0.25) is 13.8 Å². The van der Waals surface area contributed by atoms with Gasteiger partial charge in [-0.05, 0) is 83.5 Å². The number of carbonyl (C=O) groups excluding carboxylic acids is 1. The second kappa shape index (κ2) is 50.6. The number of phosphoric ester groups is 1. The molecule has 0 aromatic rings. The van der Waals surface area contributed by atoms with Gasteiger partial charge in [0.15, 0.2) is 0 Å². The molecule has 0 aliphatic heterocycles. The van der Waals surface area contributed by atoms with Gasteiger partial charge in [-0.25, -0.2) is 4.57 Å². The minimum atomic E-state index is -4.37. The molecule has 0 bridgehead atoms. The van der Waals surface area contributed by atoms with Crippen molar-refractivity contribution < 1.29 is 32.9 Å². The molecule has 0 fully saturated rings. The maximum atomic E-state index is 12.9. The first-order valence-electron chi connectivity index (χ1n) is 28.5. The smallest absolute Gasteiger partial charge is 0.387 e. The van der Waals surface area contributed by atoms with Gasteiger partial charge in [-0.15, -0.1) is 0 Å². The molecule has 8 nitrogen and oxygen atoms in total. The van der Waals surface area contributed by atoms with Crippen LogP contribution >= 0.6 is 7.82 Å². The Labute approximate surface area is 426 Å². The largest absolute Gasteiger partial charge is 0.472 e. The molecule has 0 aromatic heterocycles. The summed E-state index contributed by atoms with van der Waals surface area (Å²) >= 11 is 0. The zero-order valence-electron chi connectivity index (χ0n) is 45.5. The van der Waals surface area contributed by atoms with Crippen molar-refractivity contribution in [2.24, 2.45) is 0 Å². The Kier molecular flexibility index (Phi) is 48.9. The van der Waals surface area contributed by atoms with Crippen LogP contribution in [0.1, 0.15) is 239 Å². The van der Waals surface area contributed by atoms with Crippen molar-refractivity contribution in [1.29, 1.82) is 0 Å². The van der Waals surface area contributed by atoms with Crippen LogP contribution in [-0.4, -0.2) is 73.4 Å². The first-order chi connectivity index (χ1) is 33.5. The standard InChI is InChI=1S/C60H109N2O6P/c1-6-8-10-12-14-16-18-20-22-24-25-26-27-28-29-30-31-32-33-34-35-36-38-39-41-43-45-47-49-51-53-59(63)58(57-68-69(65,66)67-56-55-62(3,4)5)61-60(64)54-52-50-48-46-44-42-40-37-23-21-19-17-15-13-11-9-7-2/h9,11,15,17,21,23,36,38,40,42-43,45,51,53,58-59,63H,6-8,10,12-14,16,18-20,22,24-35,37,39,41,44,46-50,52,54-57H2,1-5H3,(H-,61,64,65,66)/p+1/b11-9-,17-15-,23-21-,38-36+,42-40-,45-43+,53-51+. The number of hydrogen-bond donors (Lipinski definition) is 3. The summed E-state index contributed by atoms with van der Waals surface area (Å²) in [4.78, 5) is 23.2. The van der Waals surface area contributed by atoms with E-state index in [0.29, 0.717) is 17.4 Å². The number of rotatable bonds is 51. The molecule has 1 amide bonds. The third-order valence-corrected chi connectivity index (χ3v) is 13.3. The van der Waals surface area contributed by atoms with Gasteiger partial charge in [0, 0.05) is 6.42 Å². The number of amides is 1. The fourth-order valence-corrected chi connectivity index (χ4v) is 8.62. The van der Waals surface area contributed by atoms with Crippen LogP contribution in [0.15, 0.2) is 85.1 Å². The molecule has 69 heavy (non-hydrogen) atoms. The van der Waals surface area contributed by atoms with Gasteiger partial charge in [0.25, 0.3) is 0 Å². The fourth-order valence-electron chi connectivity index (χ4n) is 7.89. The molecule has 400 valence electrons. The van der Waals surface area contributed by atoms with E-state index in [1.165, 1.54) is 135 Å². The summed E-state index contributed by atoms with van der Waals surface area (Å²) in [5.74, 6) is -0.216. The van der Waals surface area contributed by atoms with Crippen LogP contribution in [0, 0.1) is 0 Å². The molecule has 9 heteroatoms. The van der Waals surface area contributed by atoms with Crippen LogP contribution in [0.5, 0.6) is 0 Å². The number of hydrogen-bond acceptors (Lipinski definition) is 5. The molecule has 0 saturated carbocycles. The van der Waals surface area contributed by atoms with E-state index < -0.39 is 20.0 Å². The highest BCUT2D eigenvalue weighted by molar-refractivity contribution is 7.47. The van der Waals surface area contributed by atoms with E-state index in [4.69, 9.17) is 9.05 Å². The summed E-state index contributed by atoms with van der Waals surface area (Å²) in [7, 11) is 1.52. The summed E-state index contributed by atoms with van der Waals surface area (Å²) in [5.41, 5.74) is 0. The lowest BCUT2D eigenvalue weighted by Crippen LogP contribution is -2.45. The molecule has 0 aromatic carbocycles. The second-order valence-electron chi connectivity index (χ2n) is 20.3. The molecule has 0 aliphatic carbocycles. The minimum Gasteiger partial charge on any atom is -0.387 e. The summed E-state index contributed by atoms with van der Waals surface area (Å²) in [6, 6.07) is -0.889. The normalized spacial score (nSPS) is 14.6. The van der Waals surface area contributed by atoms with Gasteiger partial charge in [0.1, 0.15) is 13.2 Å². The number of aliphatic hydroxyl groups excluding tert-OH is 1. The van der Waals surface area contributed by atoms with Crippen molar-refractivity contribution in [3.05, 3.63) is 85.1 Å². The average Bonchev–Trinajstić information content (AvgIpc) is 3.31. The lowest BCUT2D eigenvalue weighted by Gasteiger charge is -2.25. The molecule has 0 rings (SSSR count). The molecule has 3 unspecified atom stereocenters. The van der Waals surface area contributed by atoms with Crippen LogP contribution in [-0.2, 0) is 18.4 Å². The van der Waals surface area contributed by atoms with Crippen LogP contribution in [0.3, 0.4) is 0 Å². The Morgan fingerprint density at radius 2 is 0.884 bits per heavy atom. The van der Waals surface area contributed by atoms with E-state index in [-0.39, 0.29) is 19.1 Å². The van der Waals surface area contributed by atoms with Crippen LogP contribution in [0.25, 0.3) is 0 Å². The molecule has 0 radical (unpaired) electrons. The number of nitrogens with zero attached hydrogens (tertiary/aromatic N) is 1. The highest BCUT2D eigenvalue weighted by Gasteiger charge is 2.27. The molecule has 3 N–H and O–H groups in total. The molecular formula is C60H110N2O6P+. The predicted molar refractivity (Wildman–Crippen MR) is 299 cm³/mol. The molecule has 0 heterocycles. The van der Waals surface area contributed by atoms with Crippen molar-refractivity contribution in [1.82, 2.24) is 5.32 Å². The lowest BCUT2D eigenvalue weighted by molar-refractivity contribution is -0.870. The van der Waals surface area contributed by atoms with Crippen LogP contribution < -0.4 is 5.32 Å². The van der Waals surface area contributed by atoms with Gasteiger partial charge in [0.2, 0.25) is 5.91 Å². The minimum absolute atomic E-state index is 0.0442. The van der Waals surface area contributed by atoms with E-state index in [9.17, 15) is 19.4 Å². The number of quaternary nitrogens is 1. The Bertz CT molecular complexity index is 1400. The number of aliphatic hydroxyl groups is 1. The number of nitrogens with one attached hydrogen (secondary N) is 1. The van der Waals surface area contributed by atoms with Crippen molar-refractivity contribution in [2.75, 3.05) is 40.9 Å². The highest BCUT2D eigenvalue weighted by atomic mass is 31.2. The quantitative estimate of drug-likeness (QED) is 0.0243. The van der Waals surface area contributed by atoms with E-state index >= 15 is 0 Å². The van der Waals surface area contributed by atoms with Crippen LogP contribution in [0.2, 0.25) is 0 Å². The Morgan fingerprint density at radius 3 is 1.33 bits per heavy atom. The van der Waals surface area contributed by atoms with Gasteiger partial charge in [-0.2, -0.15) is 0 Å². The zero-order valence-corrected chi connectivity index (χ0v) is 46.4. The van der Waals surface area contributed by atoms with Crippen molar-refractivity contribution >= 4 is 13.7 Å². The van der Waals surface area contributed by atoms with Crippen molar-refractivity contribution in [2.45, 2.75) is 251 Å². The van der Waals surface area contributed by atoms with Gasteiger partial charge < -0.3 is 19.8 Å². The monoisotopic (exact) mass is 986 g/mol. The first kappa shape index (κ1) is 66.7. The second-order valence-corrected chi connectivity index (χ2v) is 21.7. The van der Waals surface area contributed by atoms with E-state index in [0.717, 1.165) is 83.5 Å². The lowest BCUT2D eigenvalue weighted by atomic mass is 10.0. The maximum Gasteiger partial charge on any atom is 0.472 e. The Hall–Kier alpha value is -2.32. The third kappa shape index (κ3) is 53.3. The van der Waals surface area contributed by atoms with Gasteiger partial charge in [-0.1, -0.05) is 234 Å². The number of carbonyl (C=O) groups is 1. The highest BCUT2D eigenvalue weighted by Crippen LogP contribution is 2.43. The average molecular weight is 987 g/mol. The number of allylic oxidation sites excluding steroid dienone is 13. The van der Waals surface area contributed by atoms with Gasteiger partial charge in [0.05, 0.1) is 39.9 Å². The van der Waals surface area contributed by atoms with E-state index in [1.807, 2.05) is 27.2 Å². The van der Waals surface area contributed by atoms with Crippen molar-refractivity contribution in [3.8, 4) is 0 Å². The number of unbranched alkanes of at least 4 members (excludes halogenated alkanes) is 26. The Morgan fingerprint density at radius 1 is 0.507 bits per heavy atom. The molecule has 3 atom stereocenters.